The summed E-state index contributed by atoms with van der Waals surface area (Å²) < 4.78 is 0. The number of carbonyl (C=O) groups is 1. The van der Waals surface area contributed by atoms with Crippen LogP contribution in [-0.4, -0.2) is 51.2 Å². The van der Waals surface area contributed by atoms with Gasteiger partial charge in [0.05, 0.1) is 30.0 Å². The first kappa shape index (κ1) is 10.8. The molecule has 0 radical (unpaired) electrons. The number of fused-ring (bicyclic) bond motifs is 2. The minimum atomic E-state index is -0.858. The molecular weight excluding hydrogens is 234 g/mol. The first-order chi connectivity index (χ1) is 8.69. The van der Waals surface area contributed by atoms with E-state index in [0.717, 1.165) is 6.42 Å². The van der Waals surface area contributed by atoms with E-state index in [1.165, 1.54) is 17.3 Å². The monoisotopic (exact) mass is 245 g/mol. The average Bonchev–Trinajstić information content (AvgIpc) is 2.98. The highest BCUT2D eigenvalue weighted by molar-refractivity contribution is 5.67. The van der Waals surface area contributed by atoms with Crippen molar-refractivity contribution < 1.29 is 9.90 Å². The molecule has 18 heavy (non-hydrogen) atoms. The van der Waals surface area contributed by atoms with Gasteiger partial charge in [0.1, 0.15) is 6.07 Å². The Hall–Kier alpha value is -2.36. The summed E-state index contributed by atoms with van der Waals surface area (Å²) in [6, 6.07) is 2.16. The molecular formula is C11H11N5O2. The normalized spacial score (nSPS) is 25.3. The summed E-state index contributed by atoms with van der Waals surface area (Å²) in [5, 5.41) is 17.7. The molecule has 3 rings (SSSR count). The van der Waals surface area contributed by atoms with Crippen molar-refractivity contribution in [3.63, 3.8) is 0 Å². The maximum atomic E-state index is 11.0. The van der Waals surface area contributed by atoms with E-state index in [4.69, 9.17) is 10.4 Å². The van der Waals surface area contributed by atoms with Crippen LogP contribution >= 0.6 is 0 Å². The predicted molar refractivity (Wildman–Crippen MR) is 61.0 cm³/mol. The molecule has 0 aromatic carbocycles. The predicted octanol–water partition coefficient (Wildman–Crippen LogP) is 0.289. The van der Waals surface area contributed by atoms with Gasteiger partial charge in [0.2, 0.25) is 5.95 Å². The number of likely N-dealkylation sites (tertiary alicyclic amines) is 1. The third kappa shape index (κ3) is 1.54. The van der Waals surface area contributed by atoms with E-state index in [1.807, 2.05) is 11.0 Å². The highest BCUT2D eigenvalue weighted by Gasteiger charge is 2.46. The van der Waals surface area contributed by atoms with Crippen molar-refractivity contribution in [1.29, 1.82) is 5.26 Å². The van der Waals surface area contributed by atoms with Gasteiger partial charge in [-0.15, -0.1) is 0 Å². The van der Waals surface area contributed by atoms with E-state index < -0.39 is 6.09 Å². The summed E-state index contributed by atoms with van der Waals surface area (Å²) in [4.78, 5) is 22.7. The van der Waals surface area contributed by atoms with Crippen LogP contribution < -0.4 is 4.90 Å². The van der Waals surface area contributed by atoms with Gasteiger partial charge >= 0.3 is 6.09 Å². The summed E-state index contributed by atoms with van der Waals surface area (Å²) in [5.41, 5.74) is 0.426. The Morgan fingerprint density at radius 1 is 1.39 bits per heavy atom. The van der Waals surface area contributed by atoms with E-state index in [-0.39, 0.29) is 12.1 Å². The quantitative estimate of drug-likeness (QED) is 0.764. The number of aromatic nitrogens is 2. The zero-order valence-electron chi connectivity index (χ0n) is 9.52. The molecule has 0 aliphatic carbocycles. The zero-order valence-corrected chi connectivity index (χ0v) is 9.52. The third-order valence-electron chi connectivity index (χ3n) is 3.51. The second-order valence-corrected chi connectivity index (χ2v) is 4.51. The lowest BCUT2D eigenvalue weighted by atomic mass is 10.2. The van der Waals surface area contributed by atoms with Crippen molar-refractivity contribution >= 4 is 12.0 Å². The number of anilines is 1. The molecule has 1 aromatic heterocycles. The number of nitrogens with zero attached hydrogens (tertiary/aromatic N) is 5. The first-order valence-electron chi connectivity index (χ1n) is 5.67. The Labute approximate surface area is 103 Å². The lowest BCUT2D eigenvalue weighted by Crippen LogP contribution is -2.48. The fourth-order valence-electron chi connectivity index (χ4n) is 2.67. The number of piperazine rings is 1. The van der Waals surface area contributed by atoms with Crippen LogP contribution in [0, 0.1) is 11.3 Å². The van der Waals surface area contributed by atoms with Gasteiger partial charge < -0.3 is 14.9 Å². The van der Waals surface area contributed by atoms with Crippen LogP contribution in [0.4, 0.5) is 10.7 Å². The molecule has 0 saturated carbocycles. The zero-order chi connectivity index (χ0) is 12.7. The van der Waals surface area contributed by atoms with Gasteiger partial charge in [-0.2, -0.15) is 5.26 Å². The molecule has 3 heterocycles. The topological polar surface area (TPSA) is 93.4 Å². The molecule has 1 amide bonds. The van der Waals surface area contributed by atoms with E-state index in [2.05, 4.69) is 9.97 Å². The molecule has 1 aromatic rings. The van der Waals surface area contributed by atoms with Crippen LogP contribution in [0.15, 0.2) is 12.4 Å². The molecule has 2 aliphatic rings. The van der Waals surface area contributed by atoms with Gasteiger partial charge in [0.15, 0.2) is 0 Å². The number of carboxylic acid groups (broad SMARTS) is 1. The van der Waals surface area contributed by atoms with Gasteiger partial charge in [-0.1, -0.05) is 0 Å². The van der Waals surface area contributed by atoms with Gasteiger partial charge in [-0.25, -0.2) is 14.8 Å². The number of nitriles is 1. The molecule has 92 valence electrons. The molecule has 2 saturated heterocycles. The number of hydrogen-bond acceptors (Lipinski definition) is 5. The molecule has 7 nitrogen and oxygen atoms in total. The largest absolute Gasteiger partial charge is 0.465 e. The lowest BCUT2D eigenvalue weighted by molar-refractivity contribution is 0.137. The summed E-state index contributed by atoms with van der Waals surface area (Å²) >= 11 is 0. The van der Waals surface area contributed by atoms with Crippen molar-refractivity contribution in [3.8, 4) is 6.07 Å². The van der Waals surface area contributed by atoms with Gasteiger partial charge in [-0.05, 0) is 6.42 Å². The molecule has 2 fully saturated rings. The SMILES string of the molecule is N#Cc1cnc(N2C[C@@H]3C[C@H]2CN3C(=O)O)nc1. The molecule has 1 N–H and O–H groups in total. The van der Waals surface area contributed by atoms with Crippen LogP contribution in [-0.2, 0) is 0 Å². The van der Waals surface area contributed by atoms with Crippen molar-refractivity contribution in [2.75, 3.05) is 18.0 Å². The summed E-state index contributed by atoms with van der Waals surface area (Å²) in [6.07, 6.45) is 2.95. The van der Waals surface area contributed by atoms with Crippen LogP contribution in [0.5, 0.6) is 0 Å². The van der Waals surface area contributed by atoms with Crippen LogP contribution in [0.3, 0.4) is 0 Å². The fraction of sp³-hybridized carbons (Fsp3) is 0.455. The van der Waals surface area contributed by atoms with Crippen molar-refractivity contribution in [2.24, 2.45) is 0 Å². The standard InChI is InChI=1S/C11H11N5O2/c12-2-7-3-13-10(14-4-7)15-5-9-1-8(15)6-16(9)11(17)18/h3-4,8-9H,1,5-6H2,(H,17,18)/t8-,9-/m0/s1. The second kappa shape index (κ2) is 3.84. The van der Waals surface area contributed by atoms with E-state index in [9.17, 15) is 4.79 Å². The molecule has 2 bridgehead atoms. The Bertz CT molecular complexity index is 523. The first-order valence-corrected chi connectivity index (χ1v) is 5.67. The average molecular weight is 245 g/mol. The summed E-state index contributed by atoms with van der Waals surface area (Å²) in [5.74, 6) is 0.575. The third-order valence-corrected chi connectivity index (χ3v) is 3.51. The minimum Gasteiger partial charge on any atom is -0.465 e. The Morgan fingerprint density at radius 2 is 2.11 bits per heavy atom. The Morgan fingerprint density at radius 3 is 2.61 bits per heavy atom. The lowest BCUT2D eigenvalue weighted by Gasteiger charge is -2.32. The van der Waals surface area contributed by atoms with E-state index in [1.54, 1.807) is 0 Å². The number of rotatable bonds is 1. The van der Waals surface area contributed by atoms with E-state index >= 15 is 0 Å². The Balaban J connectivity index is 1.77. The molecule has 2 aliphatic heterocycles. The molecule has 7 heteroatoms. The van der Waals surface area contributed by atoms with Crippen LogP contribution in [0.1, 0.15) is 12.0 Å². The van der Waals surface area contributed by atoms with Crippen LogP contribution in [0.2, 0.25) is 0 Å². The molecule has 0 spiro atoms. The molecule has 2 atom stereocenters. The maximum Gasteiger partial charge on any atom is 0.407 e. The molecule has 0 unspecified atom stereocenters. The van der Waals surface area contributed by atoms with E-state index in [0.29, 0.717) is 24.6 Å². The van der Waals surface area contributed by atoms with Crippen molar-refractivity contribution in [2.45, 2.75) is 18.5 Å². The highest BCUT2D eigenvalue weighted by Crippen LogP contribution is 2.32. The van der Waals surface area contributed by atoms with Gasteiger partial charge in [0.25, 0.3) is 0 Å². The second-order valence-electron chi connectivity index (χ2n) is 4.51. The summed E-state index contributed by atoms with van der Waals surface area (Å²) in [7, 11) is 0. The minimum absolute atomic E-state index is 0.0340. The van der Waals surface area contributed by atoms with Crippen molar-refractivity contribution in [1.82, 2.24) is 14.9 Å². The maximum absolute atomic E-state index is 11.0. The number of amides is 1. The Kier molecular flexibility index (Phi) is 2.30. The van der Waals surface area contributed by atoms with Crippen LogP contribution in [0.25, 0.3) is 0 Å². The summed E-state index contributed by atoms with van der Waals surface area (Å²) in [6.45, 7) is 1.13. The van der Waals surface area contributed by atoms with Gasteiger partial charge in [0, 0.05) is 13.1 Å². The highest BCUT2D eigenvalue weighted by atomic mass is 16.4. The fourth-order valence-corrected chi connectivity index (χ4v) is 2.67. The van der Waals surface area contributed by atoms with Crippen molar-refractivity contribution in [3.05, 3.63) is 18.0 Å². The number of hydrogen-bond donors (Lipinski definition) is 1. The van der Waals surface area contributed by atoms with Gasteiger partial charge in [-0.3, -0.25) is 0 Å². The smallest absolute Gasteiger partial charge is 0.407 e.